The average molecular weight is 302 g/mol. The van der Waals surface area contributed by atoms with Crippen LogP contribution in [0.2, 0.25) is 5.02 Å². The standard InChI is InChI=1S/C18H20ClNO/c1-11-5-6-13(8-15(11)19)20-12(2)7-14-16(20)9-18(3,4)10-17(14)21/h5-8H,9-10H2,1-4H3. The smallest absolute Gasteiger partial charge is 0.165 e. The van der Waals surface area contributed by atoms with Gasteiger partial charge >= 0.3 is 0 Å². The van der Waals surface area contributed by atoms with Crippen LogP contribution in [0.15, 0.2) is 24.3 Å². The molecule has 2 nitrogen and oxygen atoms in total. The van der Waals surface area contributed by atoms with Gasteiger partial charge in [0.2, 0.25) is 0 Å². The molecule has 110 valence electrons. The lowest BCUT2D eigenvalue weighted by atomic mass is 9.76. The first-order chi connectivity index (χ1) is 9.78. The summed E-state index contributed by atoms with van der Waals surface area (Å²) in [5.41, 5.74) is 5.20. The van der Waals surface area contributed by atoms with Crippen LogP contribution in [-0.4, -0.2) is 10.4 Å². The van der Waals surface area contributed by atoms with Gasteiger partial charge in [-0.25, -0.2) is 0 Å². The molecule has 1 aromatic heterocycles. The molecule has 3 heteroatoms. The second-order valence-electron chi connectivity index (χ2n) is 6.86. The normalized spacial score (nSPS) is 16.9. The van der Waals surface area contributed by atoms with E-state index in [4.69, 9.17) is 11.6 Å². The Labute approximate surface area is 130 Å². The number of ketones is 1. The molecule has 2 aromatic rings. The molecule has 0 radical (unpaired) electrons. The zero-order valence-electron chi connectivity index (χ0n) is 13.0. The molecule has 3 rings (SSSR count). The summed E-state index contributed by atoms with van der Waals surface area (Å²) in [5, 5.41) is 0.760. The monoisotopic (exact) mass is 301 g/mol. The van der Waals surface area contributed by atoms with Crippen LogP contribution in [0.3, 0.4) is 0 Å². The predicted molar refractivity (Wildman–Crippen MR) is 86.7 cm³/mol. The number of aromatic nitrogens is 1. The molecule has 21 heavy (non-hydrogen) atoms. The lowest BCUT2D eigenvalue weighted by Gasteiger charge is -2.30. The van der Waals surface area contributed by atoms with E-state index >= 15 is 0 Å². The van der Waals surface area contributed by atoms with Crippen molar-refractivity contribution in [3.05, 3.63) is 51.8 Å². The third kappa shape index (κ3) is 2.42. The fraction of sp³-hybridized carbons (Fsp3) is 0.389. The Morgan fingerprint density at radius 3 is 2.52 bits per heavy atom. The molecule has 1 aromatic carbocycles. The van der Waals surface area contributed by atoms with Gasteiger partial charge in [0, 0.05) is 34.1 Å². The van der Waals surface area contributed by atoms with E-state index in [1.54, 1.807) is 0 Å². The van der Waals surface area contributed by atoms with Crippen LogP contribution in [0.5, 0.6) is 0 Å². The maximum Gasteiger partial charge on any atom is 0.165 e. The van der Waals surface area contributed by atoms with Crippen molar-refractivity contribution in [3.8, 4) is 5.69 Å². The number of carbonyl (C=O) groups is 1. The highest BCUT2D eigenvalue weighted by atomic mass is 35.5. The van der Waals surface area contributed by atoms with Crippen LogP contribution in [0.4, 0.5) is 0 Å². The third-order valence-corrected chi connectivity index (χ3v) is 4.69. The van der Waals surface area contributed by atoms with E-state index in [0.717, 1.165) is 39.6 Å². The molecule has 0 N–H and O–H groups in total. The number of aryl methyl sites for hydroxylation is 2. The molecule has 1 heterocycles. The molecular formula is C18H20ClNO. The molecule has 0 spiro atoms. The van der Waals surface area contributed by atoms with Crippen molar-refractivity contribution < 1.29 is 4.79 Å². The minimum atomic E-state index is 0.0150. The fourth-order valence-electron chi connectivity index (χ4n) is 3.23. The van der Waals surface area contributed by atoms with Crippen LogP contribution in [0, 0.1) is 19.3 Å². The summed E-state index contributed by atoms with van der Waals surface area (Å²) < 4.78 is 2.18. The van der Waals surface area contributed by atoms with Crippen LogP contribution in [0.1, 0.15) is 47.6 Å². The highest BCUT2D eigenvalue weighted by molar-refractivity contribution is 6.31. The first-order valence-corrected chi connectivity index (χ1v) is 7.67. The van der Waals surface area contributed by atoms with E-state index in [-0.39, 0.29) is 11.2 Å². The number of rotatable bonds is 1. The molecule has 0 bridgehead atoms. The van der Waals surface area contributed by atoms with Crippen molar-refractivity contribution in [2.24, 2.45) is 5.41 Å². The van der Waals surface area contributed by atoms with Crippen molar-refractivity contribution in [3.63, 3.8) is 0 Å². The van der Waals surface area contributed by atoms with Crippen LogP contribution in [0.25, 0.3) is 5.69 Å². The summed E-state index contributed by atoms with van der Waals surface area (Å²) in [7, 11) is 0. The number of nitrogens with zero attached hydrogens (tertiary/aromatic N) is 1. The molecular weight excluding hydrogens is 282 g/mol. The van der Waals surface area contributed by atoms with Gasteiger partial charge in [0.25, 0.3) is 0 Å². The van der Waals surface area contributed by atoms with Gasteiger partial charge in [-0.1, -0.05) is 31.5 Å². The molecule has 0 saturated heterocycles. The van der Waals surface area contributed by atoms with Gasteiger partial charge in [0.05, 0.1) is 0 Å². The van der Waals surface area contributed by atoms with Crippen molar-refractivity contribution in [1.82, 2.24) is 4.57 Å². The molecule has 0 aliphatic heterocycles. The Hall–Kier alpha value is -1.54. The Kier molecular flexibility index (Phi) is 3.25. The number of hydrogen-bond donors (Lipinski definition) is 0. The van der Waals surface area contributed by atoms with E-state index in [0.29, 0.717) is 6.42 Å². The lowest BCUT2D eigenvalue weighted by Crippen LogP contribution is -2.27. The van der Waals surface area contributed by atoms with Gasteiger partial charge < -0.3 is 4.57 Å². The summed E-state index contributed by atoms with van der Waals surface area (Å²) in [6.45, 7) is 8.36. The number of halogens is 1. The number of fused-ring (bicyclic) bond motifs is 1. The zero-order valence-corrected chi connectivity index (χ0v) is 13.7. The first kappa shape index (κ1) is 14.4. The molecule has 0 atom stereocenters. The molecule has 0 fully saturated rings. The first-order valence-electron chi connectivity index (χ1n) is 7.29. The highest BCUT2D eigenvalue weighted by Gasteiger charge is 2.34. The summed E-state index contributed by atoms with van der Waals surface area (Å²) in [6.07, 6.45) is 1.53. The van der Waals surface area contributed by atoms with E-state index in [9.17, 15) is 4.79 Å². The van der Waals surface area contributed by atoms with Crippen LogP contribution in [-0.2, 0) is 6.42 Å². The number of hydrogen-bond acceptors (Lipinski definition) is 1. The molecule has 1 aliphatic rings. The Morgan fingerprint density at radius 2 is 1.86 bits per heavy atom. The average Bonchev–Trinajstić information content (AvgIpc) is 2.68. The van der Waals surface area contributed by atoms with Gasteiger partial charge in [0.15, 0.2) is 5.78 Å². The number of benzene rings is 1. The van der Waals surface area contributed by atoms with Gasteiger partial charge in [-0.3, -0.25) is 4.79 Å². The maximum atomic E-state index is 12.4. The van der Waals surface area contributed by atoms with Gasteiger partial charge in [0.1, 0.15) is 0 Å². The van der Waals surface area contributed by atoms with Crippen molar-refractivity contribution >= 4 is 17.4 Å². The topological polar surface area (TPSA) is 22.0 Å². The molecule has 0 amide bonds. The maximum absolute atomic E-state index is 12.4. The van der Waals surface area contributed by atoms with E-state index < -0.39 is 0 Å². The minimum Gasteiger partial charge on any atom is -0.317 e. The summed E-state index contributed by atoms with van der Waals surface area (Å²) in [5.74, 6) is 0.251. The second kappa shape index (κ2) is 4.74. The van der Waals surface area contributed by atoms with Crippen molar-refractivity contribution in [1.29, 1.82) is 0 Å². The van der Waals surface area contributed by atoms with Crippen molar-refractivity contribution in [2.75, 3.05) is 0 Å². The van der Waals surface area contributed by atoms with Gasteiger partial charge in [-0.05, 0) is 49.4 Å². The van der Waals surface area contributed by atoms with Crippen LogP contribution >= 0.6 is 11.6 Å². The number of Topliss-reactive ketones (excluding diaryl/α,β-unsaturated/α-hetero) is 1. The largest absolute Gasteiger partial charge is 0.317 e. The van der Waals surface area contributed by atoms with E-state index in [1.165, 1.54) is 0 Å². The van der Waals surface area contributed by atoms with Crippen LogP contribution < -0.4 is 0 Å². The summed E-state index contributed by atoms with van der Waals surface area (Å²) in [4.78, 5) is 12.4. The summed E-state index contributed by atoms with van der Waals surface area (Å²) >= 11 is 6.27. The number of carbonyl (C=O) groups excluding carboxylic acids is 1. The SMILES string of the molecule is Cc1ccc(-n2c(C)cc3c2CC(C)(C)CC3=O)cc1Cl. The molecule has 0 unspecified atom stereocenters. The Balaban J connectivity index is 2.20. The third-order valence-electron chi connectivity index (χ3n) is 4.29. The summed E-state index contributed by atoms with van der Waals surface area (Å²) in [6, 6.07) is 8.09. The fourth-order valence-corrected chi connectivity index (χ4v) is 3.41. The van der Waals surface area contributed by atoms with Gasteiger partial charge in [-0.15, -0.1) is 0 Å². The Bertz CT molecular complexity index is 740. The lowest BCUT2D eigenvalue weighted by molar-refractivity contribution is 0.0911. The van der Waals surface area contributed by atoms with Gasteiger partial charge in [-0.2, -0.15) is 0 Å². The Morgan fingerprint density at radius 1 is 1.14 bits per heavy atom. The van der Waals surface area contributed by atoms with E-state index in [1.807, 2.05) is 32.0 Å². The molecule has 1 aliphatic carbocycles. The quantitative estimate of drug-likeness (QED) is 0.734. The van der Waals surface area contributed by atoms with Crippen molar-refractivity contribution in [2.45, 2.75) is 40.5 Å². The minimum absolute atomic E-state index is 0.0150. The second-order valence-corrected chi connectivity index (χ2v) is 7.26. The van der Waals surface area contributed by atoms with E-state index in [2.05, 4.69) is 24.5 Å². The zero-order chi connectivity index (χ0) is 15.4. The predicted octanol–water partition coefficient (Wildman–Crippen LogP) is 4.90. The molecule has 0 saturated carbocycles. The highest BCUT2D eigenvalue weighted by Crippen LogP contribution is 2.37.